The molecule has 0 radical (unpaired) electrons. The van der Waals surface area contributed by atoms with Gasteiger partial charge in [0.05, 0.1) is 0 Å². The lowest BCUT2D eigenvalue weighted by molar-refractivity contribution is 0.102. The number of amides is 1. The van der Waals surface area contributed by atoms with E-state index in [9.17, 15) is 4.79 Å². The summed E-state index contributed by atoms with van der Waals surface area (Å²) in [5.74, 6) is 1.84. The average molecular weight is 431 g/mol. The van der Waals surface area contributed by atoms with E-state index in [1.54, 1.807) is 18.3 Å². The van der Waals surface area contributed by atoms with Crippen LogP contribution in [0.2, 0.25) is 0 Å². The molecule has 0 bridgehead atoms. The number of likely N-dealkylation sites (N-methyl/N-ethyl adjacent to an activating group) is 1. The zero-order valence-electron chi connectivity index (χ0n) is 18.2. The summed E-state index contributed by atoms with van der Waals surface area (Å²) in [6.45, 7) is 5.52. The number of benzene rings is 1. The molecule has 1 fully saturated rings. The van der Waals surface area contributed by atoms with Gasteiger partial charge in [0, 0.05) is 43.6 Å². The number of carbonyl (C=O) groups is 1. The second kappa shape index (κ2) is 9.97. The first-order valence-corrected chi connectivity index (χ1v) is 10.5. The van der Waals surface area contributed by atoms with Crippen molar-refractivity contribution in [1.82, 2.24) is 24.8 Å². The number of aromatic nitrogens is 4. The van der Waals surface area contributed by atoms with E-state index in [-0.39, 0.29) is 5.91 Å². The summed E-state index contributed by atoms with van der Waals surface area (Å²) in [6, 6.07) is 12.7. The van der Waals surface area contributed by atoms with Gasteiger partial charge in [-0.1, -0.05) is 24.3 Å². The van der Waals surface area contributed by atoms with Gasteiger partial charge in [-0.15, -0.1) is 0 Å². The van der Waals surface area contributed by atoms with Gasteiger partial charge in [-0.25, -0.2) is 4.98 Å². The number of nitrogens with one attached hydrogen (secondary N) is 2. The Balaban J connectivity index is 1.54. The number of hydrogen-bond acceptors (Lipinski definition) is 8. The zero-order valence-corrected chi connectivity index (χ0v) is 18.2. The maximum atomic E-state index is 12.6. The van der Waals surface area contributed by atoms with Crippen LogP contribution in [0.5, 0.6) is 0 Å². The molecule has 4 rings (SSSR count). The Bertz CT molecular complexity index is 1090. The SMILES string of the molecule is CC=Cc1nc(Nc2cc(C(=O)Nc3ccccc3)ccn2)nc(N2CCN(C)CC2)n1. The van der Waals surface area contributed by atoms with E-state index in [1.807, 2.05) is 49.4 Å². The highest BCUT2D eigenvalue weighted by atomic mass is 16.1. The molecule has 164 valence electrons. The highest BCUT2D eigenvalue weighted by Gasteiger charge is 2.18. The van der Waals surface area contributed by atoms with Gasteiger partial charge in [0.15, 0.2) is 5.82 Å². The fourth-order valence-electron chi connectivity index (χ4n) is 3.29. The molecule has 1 amide bonds. The van der Waals surface area contributed by atoms with Gasteiger partial charge >= 0.3 is 0 Å². The number of anilines is 4. The predicted octanol–water partition coefficient (Wildman–Crippen LogP) is 3.05. The lowest BCUT2D eigenvalue weighted by Gasteiger charge is -2.32. The van der Waals surface area contributed by atoms with E-state index < -0.39 is 0 Å². The van der Waals surface area contributed by atoms with Gasteiger partial charge in [0.25, 0.3) is 5.91 Å². The molecule has 2 N–H and O–H groups in total. The minimum atomic E-state index is -0.218. The summed E-state index contributed by atoms with van der Waals surface area (Å²) in [5.41, 5.74) is 1.21. The van der Waals surface area contributed by atoms with Crippen LogP contribution in [0.1, 0.15) is 23.1 Å². The van der Waals surface area contributed by atoms with Crippen LogP contribution in [-0.4, -0.2) is 64.0 Å². The Kier molecular flexibility index (Phi) is 6.66. The number of nitrogens with zero attached hydrogens (tertiary/aromatic N) is 6. The molecule has 0 unspecified atom stereocenters. The van der Waals surface area contributed by atoms with Crippen LogP contribution in [0.4, 0.5) is 23.4 Å². The molecule has 1 saturated heterocycles. The van der Waals surface area contributed by atoms with E-state index in [1.165, 1.54) is 0 Å². The summed E-state index contributed by atoms with van der Waals surface area (Å²) in [4.78, 5) is 35.0. The molecule has 32 heavy (non-hydrogen) atoms. The van der Waals surface area contributed by atoms with Crippen LogP contribution in [0.3, 0.4) is 0 Å². The van der Waals surface area contributed by atoms with E-state index in [0.29, 0.717) is 29.1 Å². The fraction of sp³-hybridized carbons (Fsp3) is 0.261. The lowest BCUT2D eigenvalue weighted by atomic mass is 10.2. The van der Waals surface area contributed by atoms with Gasteiger partial charge in [-0.05, 0) is 44.3 Å². The van der Waals surface area contributed by atoms with Crippen LogP contribution in [0.15, 0.2) is 54.7 Å². The molecule has 3 heterocycles. The van der Waals surface area contributed by atoms with Crippen molar-refractivity contribution in [2.24, 2.45) is 0 Å². The molecule has 9 nitrogen and oxygen atoms in total. The van der Waals surface area contributed by atoms with Crippen molar-refractivity contribution < 1.29 is 4.79 Å². The van der Waals surface area contributed by atoms with Crippen LogP contribution in [0.25, 0.3) is 6.08 Å². The van der Waals surface area contributed by atoms with Crippen molar-refractivity contribution in [3.63, 3.8) is 0 Å². The van der Waals surface area contributed by atoms with Gasteiger partial charge in [0.2, 0.25) is 11.9 Å². The predicted molar refractivity (Wildman–Crippen MR) is 126 cm³/mol. The number of para-hydroxylation sites is 1. The van der Waals surface area contributed by atoms with Crippen LogP contribution in [-0.2, 0) is 0 Å². The normalized spacial score (nSPS) is 14.5. The largest absolute Gasteiger partial charge is 0.338 e. The standard InChI is InChI=1S/C23H26N8O/c1-3-7-19-26-22(29-23(28-19)31-14-12-30(2)13-15-31)27-20-16-17(10-11-24-20)21(32)25-18-8-5-4-6-9-18/h3-11,16H,12-15H2,1-2H3,(H,25,32)(H,24,26,27,28,29). The van der Waals surface area contributed by atoms with E-state index in [0.717, 1.165) is 31.9 Å². The Morgan fingerprint density at radius 1 is 1.03 bits per heavy atom. The third-order valence-corrected chi connectivity index (χ3v) is 5.04. The Morgan fingerprint density at radius 2 is 1.81 bits per heavy atom. The molecule has 1 aliphatic rings. The Labute approximate surface area is 187 Å². The quantitative estimate of drug-likeness (QED) is 0.616. The van der Waals surface area contributed by atoms with Crippen molar-refractivity contribution in [3.05, 3.63) is 66.1 Å². The second-order valence-electron chi connectivity index (χ2n) is 7.48. The summed E-state index contributed by atoms with van der Waals surface area (Å²) in [5, 5.41) is 6.00. The molecule has 2 aromatic heterocycles. The van der Waals surface area contributed by atoms with Gasteiger partial charge in [-0.2, -0.15) is 15.0 Å². The number of pyridine rings is 1. The number of hydrogen-bond donors (Lipinski definition) is 2. The molecule has 3 aromatic rings. The van der Waals surface area contributed by atoms with Crippen molar-refractivity contribution >= 4 is 35.4 Å². The number of carbonyl (C=O) groups excluding carboxylic acids is 1. The first-order valence-electron chi connectivity index (χ1n) is 10.5. The highest BCUT2D eigenvalue weighted by Crippen LogP contribution is 2.18. The molecular weight excluding hydrogens is 404 g/mol. The number of allylic oxidation sites excluding steroid dienone is 1. The molecule has 0 aliphatic carbocycles. The maximum Gasteiger partial charge on any atom is 0.255 e. The fourth-order valence-corrected chi connectivity index (χ4v) is 3.29. The highest BCUT2D eigenvalue weighted by molar-refractivity contribution is 6.04. The van der Waals surface area contributed by atoms with Crippen molar-refractivity contribution in [3.8, 4) is 0 Å². The number of rotatable bonds is 6. The molecule has 0 atom stereocenters. The minimum Gasteiger partial charge on any atom is -0.338 e. The van der Waals surface area contributed by atoms with Crippen molar-refractivity contribution in [2.45, 2.75) is 6.92 Å². The summed E-state index contributed by atoms with van der Waals surface area (Å²) in [7, 11) is 2.11. The monoisotopic (exact) mass is 430 g/mol. The smallest absolute Gasteiger partial charge is 0.255 e. The topological polar surface area (TPSA) is 99.2 Å². The van der Waals surface area contributed by atoms with Gasteiger partial charge < -0.3 is 20.4 Å². The van der Waals surface area contributed by atoms with Crippen LogP contribution in [0, 0.1) is 0 Å². The third-order valence-electron chi connectivity index (χ3n) is 5.04. The zero-order chi connectivity index (χ0) is 22.3. The third kappa shape index (κ3) is 5.44. The summed E-state index contributed by atoms with van der Waals surface area (Å²) in [6.07, 6.45) is 5.31. The number of piperazine rings is 1. The molecule has 0 saturated carbocycles. The van der Waals surface area contributed by atoms with Crippen LogP contribution < -0.4 is 15.5 Å². The average Bonchev–Trinajstić information content (AvgIpc) is 2.80. The first-order chi connectivity index (χ1) is 15.6. The van der Waals surface area contributed by atoms with E-state index in [4.69, 9.17) is 0 Å². The van der Waals surface area contributed by atoms with Crippen LogP contribution >= 0.6 is 0 Å². The minimum absolute atomic E-state index is 0.218. The second-order valence-corrected chi connectivity index (χ2v) is 7.48. The molecule has 0 spiro atoms. The van der Waals surface area contributed by atoms with Crippen molar-refractivity contribution in [1.29, 1.82) is 0 Å². The Morgan fingerprint density at radius 3 is 2.56 bits per heavy atom. The molecular formula is C23H26N8O. The Hall–Kier alpha value is -3.85. The molecule has 1 aromatic carbocycles. The van der Waals surface area contributed by atoms with E-state index >= 15 is 0 Å². The first kappa shape index (κ1) is 21.4. The molecule has 9 heteroatoms. The van der Waals surface area contributed by atoms with Gasteiger partial charge in [-0.3, -0.25) is 4.79 Å². The van der Waals surface area contributed by atoms with Crippen molar-refractivity contribution in [2.75, 3.05) is 48.8 Å². The van der Waals surface area contributed by atoms with Gasteiger partial charge in [0.1, 0.15) is 5.82 Å². The lowest BCUT2D eigenvalue weighted by Crippen LogP contribution is -2.45. The summed E-state index contributed by atoms with van der Waals surface area (Å²) >= 11 is 0. The maximum absolute atomic E-state index is 12.6. The van der Waals surface area contributed by atoms with E-state index in [2.05, 4.69) is 47.4 Å². The summed E-state index contributed by atoms with van der Waals surface area (Å²) < 4.78 is 0. The molecule has 1 aliphatic heterocycles.